The van der Waals surface area contributed by atoms with Crippen molar-refractivity contribution in [3.63, 3.8) is 0 Å². The predicted molar refractivity (Wildman–Crippen MR) is 61.5 cm³/mol. The van der Waals surface area contributed by atoms with Crippen LogP contribution < -0.4 is 9.47 Å². The van der Waals surface area contributed by atoms with Gasteiger partial charge in [0, 0.05) is 11.6 Å². The molecule has 0 bridgehead atoms. The number of hydrogen-bond donors (Lipinski definition) is 0. The third kappa shape index (κ3) is 1.74. The van der Waals surface area contributed by atoms with Crippen molar-refractivity contribution in [2.24, 2.45) is 0 Å². The average molecular weight is 215 g/mol. The molecular formula is C13H13NO2. The van der Waals surface area contributed by atoms with Crippen LogP contribution in [0.25, 0.3) is 6.08 Å². The Morgan fingerprint density at radius 2 is 2.12 bits per heavy atom. The summed E-state index contributed by atoms with van der Waals surface area (Å²) in [5, 5.41) is 8.89. The van der Waals surface area contributed by atoms with Gasteiger partial charge < -0.3 is 9.47 Å². The van der Waals surface area contributed by atoms with E-state index in [1.54, 1.807) is 19.2 Å². The van der Waals surface area contributed by atoms with Gasteiger partial charge in [-0.15, -0.1) is 0 Å². The van der Waals surface area contributed by atoms with Crippen LogP contribution in [-0.4, -0.2) is 12.7 Å². The topological polar surface area (TPSA) is 42.2 Å². The lowest BCUT2D eigenvalue weighted by Crippen LogP contribution is -2.27. The van der Waals surface area contributed by atoms with Crippen molar-refractivity contribution in [2.75, 3.05) is 7.11 Å². The van der Waals surface area contributed by atoms with E-state index in [4.69, 9.17) is 14.7 Å². The first-order valence-electron chi connectivity index (χ1n) is 5.06. The molecule has 0 aliphatic carbocycles. The molecule has 0 fully saturated rings. The highest BCUT2D eigenvalue weighted by Gasteiger charge is 2.24. The Morgan fingerprint density at radius 3 is 2.75 bits per heavy atom. The van der Waals surface area contributed by atoms with Gasteiger partial charge in [0.15, 0.2) is 11.5 Å². The van der Waals surface area contributed by atoms with Crippen molar-refractivity contribution < 1.29 is 9.47 Å². The van der Waals surface area contributed by atoms with Gasteiger partial charge in [0.05, 0.1) is 18.7 Å². The minimum absolute atomic E-state index is 0.339. The van der Waals surface area contributed by atoms with E-state index >= 15 is 0 Å². The molecular weight excluding hydrogens is 202 g/mol. The van der Waals surface area contributed by atoms with Crippen molar-refractivity contribution in [3.8, 4) is 17.6 Å². The molecule has 0 saturated carbocycles. The Morgan fingerprint density at radius 1 is 1.38 bits per heavy atom. The first-order chi connectivity index (χ1) is 7.55. The van der Waals surface area contributed by atoms with Crippen LogP contribution in [0.1, 0.15) is 25.0 Å². The van der Waals surface area contributed by atoms with Gasteiger partial charge in [-0.25, -0.2) is 0 Å². The molecule has 1 aromatic carbocycles. The zero-order valence-electron chi connectivity index (χ0n) is 9.57. The van der Waals surface area contributed by atoms with Crippen LogP contribution in [0, 0.1) is 11.3 Å². The fourth-order valence-corrected chi connectivity index (χ4v) is 1.66. The van der Waals surface area contributed by atoms with E-state index in [0.29, 0.717) is 17.1 Å². The fraction of sp³-hybridized carbons (Fsp3) is 0.308. The smallest absolute Gasteiger partial charge is 0.169 e. The standard InChI is InChI=1S/C13H13NO2/c1-13(2)5-4-10-6-9(8-14)7-11(15-3)12(10)16-13/h4-7H,1-3H3. The maximum Gasteiger partial charge on any atom is 0.169 e. The minimum atomic E-state index is -0.339. The lowest BCUT2D eigenvalue weighted by Gasteiger charge is -2.28. The van der Waals surface area contributed by atoms with E-state index in [1.807, 2.05) is 26.0 Å². The van der Waals surface area contributed by atoms with E-state index < -0.39 is 0 Å². The summed E-state index contributed by atoms with van der Waals surface area (Å²) < 4.78 is 11.1. The Balaban J connectivity index is 2.59. The summed E-state index contributed by atoms with van der Waals surface area (Å²) in [6.45, 7) is 3.95. The van der Waals surface area contributed by atoms with Gasteiger partial charge >= 0.3 is 0 Å². The summed E-state index contributed by atoms with van der Waals surface area (Å²) in [7, 11) is 1.57. The van der Waals surface area contributed by atoms with E-state index in [-0.39, 0.29) is 5.60 Å². The van der Waals surface area contributed by atoms with Gasteiger partial charge in [0.25, 0.3) is 0 Å². The number of rotatable bonds is 1. The van der Waals surface area contributed by atoms with Crippen molar-refractivity contribution in [3.05, 3.63) is 29.3 Å². The molecule has 82 valence electrons. The van der Waals surface area contributed by atoms with E-state index in [1.165, 1.54) is 0 Å². The summed E-state index contributed by atoms with van der Waals surface area (Å²) in [6.07, 6.45) is 3.93. The number of fused-ring (bicyclic) bond motifs is 1. The van der Waals surface area contributed by atoms with Crippen LogP contribution in [0.4, 0.5) is 0 Å². The first-order valence-corrected chi connectivity index (χ1v) is 5.06. The Bertz CT molecular complexity index is 495. The zero-order valence-corrected chi connectivity index (χ0v) is 9.57. The largest absolute Gasteiger partial charge is 0.493 e. The summed E-state index contributed by atoms with van der Waals surface area (Å²) in [5.74, 6) is 1.31. The number of hydrogen-bond acceptors (Lipinski definition) is 3. The highest BCUT2D eigenvalue weighted by molar-refractivity contribution is 5.67. The average Bonchev–Trinajstić information content (AvgIpc) is 2.26. The van der Waals surface area contributed by atoms with Crippen LogP contribution in [0.3, 0.4) is 0 Å². The Kier molecular flexibility index (Phi) is 2.35. The van der Waals surface area contributed by atoms with E-state index in [0.717, 1.165) is 5.56 Å². The summed E-state index contributed by atoms with van der Waals surface area (Å²) in [4.78, 5) is 0. The van der Waals surface area contributed by atoms with Crippen LogP contribution in [0.2, 0.25) is 0 Å². The van der Waals surface area contributed by atoms with E-state index in [2.05, 4.69) is 6.07 Å². The zero-order chi connectivity index (χ0) is 11.8. The number of nitrogens with zero attached hydrogens (tertiary/aromatic N) is 1. The van der Waals surface area contributed by atoms with Crippen LogP contribution in [0.5, 0.6) is 11.5 Å². The van der Waals surface area contributed by atoms with Gasteiger partial charge in [0.1, 0.15) is 5.60 Å². The normalized spacial score (nSPS) is 15.9. The predicted octanol–water partition coefficient (Wildman–Crippen LogP) is 2.75. The highest BCUT2D eigenvalue weighted by atomic mass is 16.5. The molecule has 0 unspecified atom stereocenters. The van der Waals surface area contributed by atoms with Crippen LogP contribution >= 0.6 is 0 Å². The first kappa shape index (κ1) is 10.6. The molecule has 2 rings (SSSR count). The highest BCUT2D eigenvalue weighted by Crippen LogP contribution is 2.39. The molecule has 0 saturated heterocycles. The van der Waals surface area contributed by atoms with Gasteiger partial charge in [-0.05, 0) is 26.0 Å². The van der Waals surface area contributed by atoms with Crippen LogP contribution in [0.15, 0.2) is 18.2 Å². The molecule has 3 nitrogen and oxygen atoms in total. The fourth-order valence-electron chi connectivity index (χ4n) is 1.66. The molecule has 1 aliphatic rings. The minimum Gasteiger partial charge on any atom is -0.493 e. The lowest BCUT2D eigenvalue weighted by atomic mass is 10.0. The second kappa shape index (κ2) is 3.57. The second-order valence-electron chi connectivity index (χ2n) is 4.25. The summed E-state index contributed by atoms with van der Waals surface area (Å²) >= 11 is 0. The second-order valence-corrected chi connectivity index (χ2v) is 4.25. The van der Waals surface area contributed by atoms with Gasteiger partial charge in [-0.2, -0.15) is 5.26 Å². The Labute approximate surface area is 94.9 Å². The third-order valence-corrected chi connectivity index (χ3v) is 2.46. The number of ether oxygens (including phenoxy) is 2. The molecule has 0 N–H and O–H groups in total. The maximum atomic E-state index is 8.89. The number of nitriles is 1. The molecule has 0 amide bonds. The van der Waals surface area contributed by atoms with Gasteiger partial charge in [-0.3, -0.25) is 0 Å². The van der Waals surface area contributed by atoms with Crippen molar-refractivity contribution in [1.82, 2.24) is 0 Å². The summed E-state index contributed by atoms with van der Waals surface area (Å²) in [5.41, 5.74) is 1.12. The molecule has 0 aromatic heterocycles. The third-order valence-electron chi connectivity index (χ3n) is 2.46. The van der Waals surface area contributed by atoms with Gasteiger partial charge in [0.2, 0.25) is 0 Å². The molecule has 16 heavy (non-hydrogen) atoms. The molecule has 1 aliphatic heterocycles. The SMILES string of the molecule is COc1cc(C#N)cc2c1OC(C)(C)C=C2. The molecule has 0 spiro atoms. The molecule has 1 aromatic rings. The number of methoxy groups -OCH3 is 1. The van der Waals surface area contributed by atoms with Crippen molar-refractivity contribution in [1.29, 1.82) is 5.26 Å². The quantitative estimate of drug-likeness (QED) is 0.723. The molecule has 3 heteroatoms. The maximum absolute atomic E-state index is 8.89. The molecule has 0 atom stereocenters. The Hall–Kier alpha value is -1.95. The molecule has 0 radical (unpaired) electrons. The van der Waals surface area contributed by atoms with E-state index in [9.17, 15) is 0 Å². The molecule has 1 heterocycles. The lowest BCUT2D eigenvalue weighted by molar-refractivity contribution is 0.152. The monoisotopic (exact) mass is 215 g/mol. The van der Waals surface area contributed by atoms with Gasteiger partial charge in [-0.1, -0.05) is 6.08 Å². The summed E-state index contributed by atoms with van der Waals surface area (Å²) in [6, 6.07) is 5.59. The van der Waals surface area contributed by atoms with Crippen LogP contribution in [-0.2, 0) is 0 Å². The van der Waals surface area contributed by atoms with Crippen molar-refractivity contribution in [2.45, 2.75) is 19.4 Å². The van der Waals surface area contributed by atoms with Crippen molar-refractivity contribution >= 4 is 6.08 Å². The number of benzene rings is 1.